The van der Waals surface area contributed by atoms with Gasteiger partial charge in [0.1, 0.15) is 0 Å². The largest absolute Gasteiger partial charge is 0.345 e. The van der Waals surface area contributed by atoms with Gasteiger partial charge in [0.25, 0.3) is 0 Å². The molecule has 0 aliphatic carbocycles. The number of rotatable bonds is 5. The van der Waals surface area contributed by atoms with Crippen LogP contribution in [-0.4, -0.2) is 16.8 Å². The molecule has 0 radical (unpaired) electrons. The molecule has 4 nitrogen and oxygen atoms in total. The summed E-state index contributed by atoms with van der Waals surface area (Å²) >= 11 is 0. The smallest absolute Gasteiger partial charge is 0.226 e. The molecule has 1 aromatic heterocycles. The summed E-state index contributed by atoms with van der Waals surface area (Å²) in [7, 11) is 0. The number of carbonyl (C=O) groups excluding carboxylic acids is 2. The van der Waals surface area contributed by atoms with Crippen LogP contribution in [0.1, 0.15) is 28.0 Å². The predicted octanol–water partition coefficient (Wildman–Crippen LogP) is 2.95. The molecule has 20 heavy (non-hydrogen) atoms. The van der Waals surface area contributed by atoms with E-state index in [1.54, 1.807) is 22.9 Å². The number of benzene rings is 1. The fraction of sp³-hybridized carbons (Fsp3) is 0.250. The van der Waals surface area contributed by atoms with Crippen molar-refractivity contribution in [1.82, 2.24) is 4.57 Å². The molecule has 0 spiro atoms. The van der Waals surface area contributed by atoms with Gasteiger partial charge in [-0.1, -0.05) is 6.07 Å². The SMILES string of the molecule is Cc1ccc(NC(=O)CCn2cccc2C=O)cc1C. The molecule has 0 fully saturated rings. The van der Waals surface area contributed by atoms with Crippen molar-refractivity contribution >= 4 is 17.9 Å². The maximum absolute atomic E-state index is 11.9. The van der Waals surface area contributed by atoms with Crippen molar-refractivity contribution < 1.29 is 9.59 Å². The molecule has 1 amide bonds. The van der Waals surface area contributed by atoms with Crippen LogP contribution in [-0.2, 0) is 11.3 Å². The van der Waals surface area contributed by atoms with Gasteiger partial charge in [-0.2, -0.15) is 0 Å². The highest BCUT2D eigenvalue weighted by molar-refractivity contribution is 5.90. The van der Waals surface area contributed by atoms with Crippen LogP contribution < -0.4 is 5.32 Å². The minimum atomic E-state index is -0.0567. The monoisotopic (exact) mass is 270 g/mol. The zero-order chi connectivity index (χ0) is 14.5. The van der Waals surface area contributed by atoms with Gasteiger partial charge in [-0.15, -0.1) is 0 Å². The molecule has 1 N–H and O–H groups in total. The summed E-state index contributed by atoms with van der Waals surface area (Å²) in [4.78, 5) is 22.7. The summed E-state index contributed by atoms with van der Waals surface area (Å²) in [6.07, 6.45) is 2.93. The maximum atomic E-state index is 11.9. The van der Waals surface area contributed by atoms with Gasteiger partial charge in [-0.05, 0) is 49.2 Å². The Labute approximate surface area is 118 Å². The zero-order valence-electron chi connectivity index (χ0n) is 11.7. The van der Waals surface area contributed by atoms with Gasteiger partial charge in [-0.25, -0.2) is 0 Å². The molecule has 0 unspecified atom stereocenters. The average molecular weight is 270 g/mol. The van der Waals surface area contributed by atoms with Crippen LogP contribution >= 0.6 is 0 Å². The van der Waals surface area contributed by atoms with Crippen molar-refractivity contribution in [3.8, 4) is 0 Å². The molecule has 1 heterocycles. The van der Waals surface area contributed by atoms with Crippen molar-refractivity contribution in [2.24, 2.45) is 0 Å². The number of carbonyl (C=O) groups is 2. The van der Waals surface area contributed by atoms with E-state index in [-0.39, 0.29) is 5.91 Å². The van der Waals surface area contributed by atoms with Crippen LogP contribution in [0, 0.1) is 13.8 Å². The molecule has 104 valence electrons. The van der Waals surface area contributed by atoms with Crippen LogP contribution in [0.3, 0.4) is 0 Å². The van der Waals surface area contributed by atoms with Gasteiger partial charge in [0.15, 0.2) is 6.29 Å². The number of hydrogen-bond acceptors (Lipinski definition) is 2. The topological polar surface area (TPSA) is 51.1 Å². The van der Waals surface area contributed by atoms with Gasteiger partial charge in [0.2, 0.25) is 5.91 Å². The fourth-order valence-corrected chi connectivity index (χ4v) is 2.00. The Bertz CT molecular complexity index is 629. The first-order chi connectivity index (χ1) is 9.60. The zero-order valence-corrected chi connectivity index (χ0v) is 11.7. The second-order valence-corrected chi connectivity index (χ2v) is 4.84. The van der Waals surface area contributed by atoms with E-state index in [0.717, 1.165) is 17.5 Å². The van der Waals surface area contributed by atoms with Crippen molar-refractivity contribution in [2.75, 3.05) is 5.32 Å². The first-order valence-corrected chi connectivity index (χ1v) is 6.57. The minimum Gasteiger partial charge on any atom is -0.345 e. The molecular formula is C16H18N2O2. The lowest BCUT2D eigenvalue weighted by atomic mass is 10.1. The van der Waals surface area contributed by atoms with Gasteiger partial charge in [0, 0.05) is 24.8 Å². The van der Waals surface area contributed by atoms with E-state index in [1.807, 2.05) is 32.0 Å². The number of hydrogen-bond donors (Lipinski definition) is 1. The number of amides is 1. The molecule has 0 saturated carbocycles. The molecular weight excluding hydrogens is 252 g/mol. The summed E-state index contributed by atoms with van der Waals surface area (Å²) in [6, 6.07) is 9.37. The van der Waals surface area contributed by atoms with E-state index in [4.69, 9.17) is 0 Å². The Kier molecular flexibility index (Phi) is 4.35. The first-order valence-electron chi connectivity index (χ1n) is 6.57. The predicted molar refractivity (Wildman–Crippen MR) is 79.0 cm³/mol. The van der Waals surface area contributed by atoms with Gasteiger partial charge < -0.3 is 9.88 Å². The van der Waals surface area contributed by atoms with Gasteiger partial charge in [0.05, 0.1) is 5.69 Å². The Morgan fingerprint density at radius 3 is 2.75 bits per heavy atom. The molecule has 2 rings (SSSR count). The van der Waals surface area contributed by atoms with E-state index in [1.165, 1.54) is 5.56 Å². The van der Waals surface area contributed by atoms with Crippen molar-refractivity contribution in [3.63, 3.8) is 0 Å². The number of aldehydes is 1. The molecule has 0 aliphatic rings. The molecule has 0 saturated heterocycles. The van der Waals surface area contributed by atoms with Crippen LogP contribution in [0.15, 0.2) is 36.5 Å². The second kappa shape index (κ2) is 6.19. The molecule has 2 aromatic rings. The van der Waals surface area contributed by atoms with E-state index in [0.29, 0.717) is 18.7 Å². The molecule has 1 aromatic carbocycles. The van der Waals surface area contributed by atoms with E-state index in [2.05, 4.69) is 5.32 Å². The highest BCUT2D eigenvalue weighted by atomic mass is 16.1. The third kappa shape index (κ3) is 3.35. The highest BCUT2D eigenvalue weighted by Crippen LogP contribution is 2.14. The highest BCUT2D eigenvalue weighted by Gasteiger charge is 2.05. The van der Waals surface area contributed by atoms with E-state index < -0.39 is 0 Å². The molecule has 0 bridgehead atoms. The Morgan fingerprint density at radius 1 is 1.25 bits per heavy atom. The van der Waals surface area contributed by atoms with E-state index >= 15 is 0 Å². The molecule has 0 aliphatic heterocycles. The van der Waals surface area contributed by atoms with Gasteiger partial charge >= 0.3 is 0 Å². The summed E-state index contributed by atoms with van der Waals surface area (Å²) in [5, 5.41) is 2.87. The number of anilines is 1. The summed E-state index contributed by atoms with van der Waals surface area (Å²) in [5.41, 5.74) is 3.74. The number of nitrogens with zero attached hydrogens (tertiary/aromatic N) is 1. The third-order valence-electron chi connectivity index (χ3n) is 3.36. The van der Waals surface area contributed by atoms with Crippen LogP contribution in [0.4, 0.5) is 5.69 Å². The lowest BCUT2D eigenvalue weighted by Crippen LogP contribution is -2.15. The van der Waals surface area contributed by atoms with Crippen LogP contribution in [0.25, 0.3) is 0 Å². The normalized spacial score (nSPS) is 10.3. The third-order valence-corrected chi connectivity index (χ3v) is 3.36. The van der Waals surface area contributed by atoms with Crippen LogP contribution in [0.2, 0.25) is 0 Å². The first kappa shape index (κ1) is 14.1. The van der Waals surface area contributed by atoms with Crippen molar-refractivity contribution in [1.29, 1.82) is 0 Å². The molecule has 0 atom stereocenters. The maximum Gasteiger partial charge on any atom is 0.226 e. The van der Waals surface area contributed by atoms with E-state index in [9.17, 15) is 9.59 Å². The number of aromatic nitrogens is 1. The summed E-state index contributed by atoms with van der Waals surface area (Å²) in [5.74, 6) is -0.0567. The average Bonchev–Trinajstić information content (AvgIpc) is 2.88. The summed E-state index contributed by atoms with van der Waals surface area (Å²) in [6.45, 7) is 4.55. The molecule has 4 heteroatoms. The number of aryl methyl sites for hydroxylation is 3. The standard InChI is InChI=1S/C16H18N2O2/c1-12-5-6-14(10-13(12)2)17-16(20)7-9-18-8-3-4-15(18)11-19/h3-6,8,10-11H,7,9H2,1-2H3,(H,17,20). The quantitative estimate of drug-likeness (QED) is 0.849. The van der Waals surface area contributed by atoms with Crippen LogP contribution in [0.5, 0.6) is 0 Å². The number of nitrogens with one attached hydrogen (secondary N) is 1. The Hall–Kier alpha value is -2.36. The van der Waals surface area contributed by atoms with Crippen molar-refractivity contribution in [3.05, 3.63) is 53.3 Å². The van der Waals surface area contributed by atoms with Crippen molar-refractivity contribution in [2.45, 2.75) is 26.8 Å². The lowest BCUT2D eigenvalue weighted by Gasteiger charge is -2.09. The Morgan fingerprint density at radius 2 is 2.05 bits per heavy atom. The lowest BCUT2D eigenvalue weighted by molar-refractivity contribution is -0.116. The Balaban J connectivity index is 1.92. The minimum absolute atomic E-state index is 0.0567. The second-order valence-electron chi connectivity index (χ2n) is 4.84. The fourth-order valence-electron chi connectivity index (χ4n) is 2.00. The summed E-state index contributed by atoms with van der Waals surface area (Å²) < 4.78 is 1.77. The van der Waals surface area contributed by atoms with Gasteiger partial charge in [-0.3, -0.25) is 9.59 Å².